The largest absolute Gasteiger partial charge is 0.435 e. The number of aliphatic hydroxyl groups is 2. The van der Waals surface area contributed by atoms with Gasteiger partial charge in [0.05, 0.1) is 12.5 Å². The van der Waals surface area contributed by atoms with Crippen LogP contribution in [0.4, 0.5) is 4.79 Å². The number of ether oxygens (including phenoxy) is 1. The first-order valence-corrected chi connectivity index (χ1v) is 5.32. The van der Waals surface area contributed by atoms with Crippen molar-refractivity contribution in [2.45, 2.75) is 20.1 Å². The van der Waals surface area contributed by atoms with Gasteiger partial charge in [0.2, 0.25) is 6.23 Å². The first-order chi connectivity index (χ1) is 7.74. The Balaban J connectivity index is 2.89. The van der Waals surface area contributed by atoms with Gasteiger partial charge in [0, 0.05) is 6.54 Å². The number of nitrogens with one attached hydrogen (secondary N) is 1. The number of quaternary nitrogens is 1. The van der Waals surface area contributed by atoms with Crippen LogP contribution in [0.3, 0.4) is 0 Å². The number of amides is 2. The van der Waals surface area contributed by atoms with Crippen molar-refractivity contribution in [3.63, 3.8) is 0 Å². The lowest BCUT2D eigenvalue weighted by molar-refractivity contribution is -0.887. The summed E-state index contributed by atoms with van der Waals surface area (Å²) in [7, 11) is 1.46. The average Bonchev–Trinajstić information content (AvgIpc) is 2.23. The minimum Gasteiger partial charge on any atom is -0.435 e. The number of likely N-dealkylation sites (N-methyl/N-ethyl adjacent to an activating group) is 1. The first-order valence-electron chi connectivity index (χ1n) is 5.32. The Morgan fingerprint density at radius 3 is 2.76 bits per heavy atom. The van der Waals surface area contributed by atoms with Gasteiger partial charge in [0.25, 0.3) is 0 Å². The van der Waals surface area contributed by atoms with Crippen molar-refractivity contribution in [1.29, 1.82) is 0 Å². The van der Waals surface area contributed by atoms with E-state index in [4.69, 9.17) is 5.11 Å². The maximum absolute atomic E-state index is 11.8. The summed E-state index contributed by atoms with van der Waals surface area (Å²) in [6, 6.07) is -0.438. The molecule has 0 aromatic carbocycles. The third kappa shape index (κ3) is 2.56. The number of hydrogen-bond donors (Lipinski definition) is 3. The number of esters is 1. The van der Waals surface area contributed by atoms with E-state index >= 15 is 0 Å². The summed E-state index contributed by atoms with van der Waals surface area (Å²) in [4.78, 5) is 23.1. The van der Waals surface area contributed by atoms with Gasteiger partial charge in [-0.1, -0.05) is 0 Å². The summed E-state index contributed by atoms with van der Waals surface area (Å²) < 4.78 is 3.89. The van der Waals surface area contributed by atoms with Crippen LogP contribution in [0.5, 0.6) is 0 Å². The highest BCUT2D eigenvalue weighted by atomic mass is 16.6. The molecule has 1 aliphatic rings. The fourth-order valence-corrected chi connectivity index (χ4v) is 2.00. The van der Waals surface area contributed by atoms with Crippen LogP contribution in [0, 0.1) is 5.41 Å². The maximum atomic E-state index is 11.8. The number of urea groups is 1. The Kier molecular flexibility index (Phi) is 3.75. The molecule has 1 rings (SSSR count). The van der Waals surface area contributed by atoms with Crippen molar-refractivity contribution in [3.05, 3.63) is 0 Å². The van der Waals surface area contributed by atoms with Gasteiger partial charge < -0.3 is 20.3 Å². The molecular weight excluding hydrogens is 228 g/mol. The predicted octanol–water partition coefficient (Wildman–Crippen LogP) is -1.01. The molecule has 2 unspecified atom stereocenters. The Morgan fingerprint density at radius 1 is 1.65 bits per heavy atom. The highest BCUT2D eigenvalue weighted by Crippen LogP contribution is 2.30. The molecule has 1 heterocycles. The summed E-state index contributed by atoms with van der Waals surface area (Å²) in [6.45, 7) is 2.88. The lowest BCUT2D eigenvalue weighted by Gasteiger charge is -2.46. The van der Waals surface area contributed by atoms with Crippen molar-refractivity contribution in [3.8, 4) is 0 Å². The number of carbonyl (C=O) groups excluding carboxylic acids is 2. The molecule has 1 saturated heterocycles. The van der Waals surface area contributed by atoms with E-state index < -0.39 is 34.9 Å². The topological polar surface area (TPSA) is 95.9 Å². The minimum atomic E-state index is -1.01. The van der Waals surface area contributed by atoms with E-state index in [1.807, 2.05) is 0 Å². The summed E-state index contributed by atoms with van der Waals surface area (Å²) in [5, 5.41) is 21.3. The molecule has 0 aromatic rings. The van der Waals surface area contributed by atoms with Crippen molar-refractivity contribution in [1.82, 2.24) is 5.32 Å². The number of aliphatic hydroxyl groups excluding tert-OH is 2. The number of nitrogens with zero attached hydrogens (tertiary/aromatic N) is 1. The van der Waals surface area contributed by atoms with Crippen molar-refractivity contribution in [2.75, 3.05) is 26.9 Å². The van der Waals surface area contributed by atoms with Gasteiger partial charge in [-0.2, -0.15) is 0 Å². The van der Waals surface area contributed by atoms with E-state index in [0.717, 1.165) is 0 Å². The van der Waals surface area contributed by atoms with E-state index in [1.54, 1.807) is 13.8 Å². The molecule has 0 aliphatic carbocycles. The molecule has 1 aliphatic heterocycles. The molecule has 2 atom stereocenters. The Labute approximate surface area is 99.6 Å². The molecule has 0 saturated carbocycles. The Morgan fingerprint density at radius 2 is 2.24 bits per heavy atom. The van der Waals surface area contributed by atoms with E-state index in [0.29, 0.717) is 6.54 Å². The average molecular weight is 247 g/mol. The van der Waals surface area contributed by atoms with Gasteiger partial charge in [-0.25, -0.2) is 14.1 Å². The number of rotatable bonds is 3. The summed E-state index contributed by atoms with van der Waals surface area (Å²) in [5.74, 6) is -0.734. The predicted molar refractivity (Wildman–Crippen MR) is 57.4 cm³/mol. The monoisotopic (exact) mass is 247 g/mol. The summed E-state index contributed by atoms with van der Waals surface area (Å²) >= 11 is 0. The van der Waals surface area contributed by atoms with Crippen LogP contribution in [0.2, 0.25) is 0 Å². The molecular formula is C10H19N2O5+. The highest BCUT2D eigenvalue weighted by molar-refractivity contribution is 5.75. The van der Waals surface area contributed by atoms with E-state index in [9.17, 15) is 14.7 Å². The Bertz CT molecular complexity index is 331. The fourth-order valence-electron chi connectivity index (χ4n) is 2.00. The van der Waals surface area contributed by atoms with Crippen LogP contribution in [-0.4, -0.2) is 59.9 Å². The van der Waals surface area contributed by atoms with E-state index in [1.165, 1.54) is 7.05 Å². The molecule has 98 valence electrons. The zero-order chi connectivity index (χ0) is 13.3. The van der Waals surface area contributed by atoms with Gasteiger partial charge >= 0.3 is 12.0 Å². The van der Waals surface area contributed by atoms with Crippen molar-refractivity contribution < 1.29 is 29.0 Å². The van der Waals surface area contributed by atoms with E-state index in [2.05, 4.69) is 10.1 Å². The van der Waals surface area contributed by atoms with Gasteiger partial charge in [0.15, 0.2) is 13.3 Å². The summed E-state index contributed by atoms with van der Waals surface area (Å²) in [6.07, 6.45) is -1.01. The lowest BCUT2D eigenvalue weighted by Crippen LogP contribution is -2.71. The molecule has 7 heteroatoms. The number of hydrogen-bond acceptors (Lipinski definition) is 5. The van der Waals surface area contributed by atoms with Crippen molar-refractivity contribution in [2.24, 2.45) is 5.41 Å². The zero-order valence-electron chi connectivity index (χ0n) is 10.3. The molecule has 1 fully saturated rings. The van der Waals surface area contributed by atoms with Crippen LogP contribution in [0.15, 0.2) is 0 Å². The first kappa shape index (κ1) is 13.9. The summed E-state index contributed by atoms with van der Waals surface area (Å²) in [5.41, 5.74) is -0.540. The third-order valence-electron chi connectivity index (χ3n) is 3.08. The quantitative estimate of drug-likeness (QED) is 0.337. The highest BCUT2D eigenvalue weighted by Gasteiger charge is 2.53. The SMILES string of the molecule is CC1(C)CNC(=O)[N+](C)(CC(=O)OCO)C1O. The van der Waals surface area contributed by atoms with Crippen LogP contribution in [-0.2, 0) is 9.53 Å². The molecule has 3 N–H and O–H groups in total. The Hall–Kier alpha value is -1.18. The van der Waals surface area contributed by atoms with Crippen LogP contribution < -0.4 is 5.32 Å². The van der Waals surface area contributed by atoms with Gasteiger partial charge in [-0.05, 0) is 13.8 Å². The second kappa shape index (κ2) is 4.59. The van der Waals surface area contributed by atoms with Crippen LogP contribution in [0.25, 0.3) is 0 Å². The number of carbonyl (C=O) groups is 2. The fraction of sp³-hybridized carbons (Fsp3) is 0.800. The van der Waals surface area contributed by atoms with Crippen LogP contribution >= 0.6 is 0 Å². The molecule has 2 amide bonds. The molecule has 7 nitrogen and oxygen atoms in total. The van der Waals surface area contributed by atoms with Crippen molar-refractivity contribution >= 4 is 12.0 Å². The lowest BCUT2D eigenvalue weighted by atomic mass is 9.87. The smallest absolute Gasteiger partial charge is 0.419 e. The normalized spacial score (nSPS) is 31.8. The van der Waals surface area contributed by atoms with Gasteiger partial charge in [-0.15, -0.1) is 0 Å². The van der Waals surface area contributed by atoms with Gasteiger partial charge in [-0.3, -0.25) is 0 Å². The maximum Gasteiger partial charge on any atom is 0.419 e. The molecule has 0 spiro atoms. The second-order valence-electron chi connectivity index (χ2n) is 5.09. The standard InChI is InChI=1S/C10H18N2O5/c1-10(2)5-11-9(16)12(3,8(10)15)4-7(14)17-6-13/h8,13,15H,4-6H2,1-3H3/p+1. The van der Waals surface area contributed by atoms with Gasteiger partial charge in [0.1, 0.15) is 0 Å². The molecule has 17 heavy (non-hydrogen) atoms. The van der Waals surface area contributed by atoms with Crippen LogP contribution in [0.1, 0.15) is 13.8 Å². The second-order valence-corrected chi connectivity index (χ2v) is 5.09. The molecule has 0 radical (unpaired) electrons. The van der Waals surface area contributed by atoms with E-state index in [-0.39, 0.29) is 6.54 Å². The molecule has 0 aromatic heterocycles. The zero-order valence-corrected chi connectivity index (χ0v) is 10.3. The third-order valence-corrected chi connectivity index (χ3v) is 3.08. The molecule has 0 bridgehead atoms. The minimum absolute atomic E-state index is 0.322.